The quantitative estimate of drug-likeness (QED) is 0.710. The molecule has 19 heavy (non-hydrogen) atoms. The van der Waals surface area contributed by atoms with E-state index in [9.17, 15) is 10.2 Å². The maximum absolute atomic E-state index is 9.83. The van der Waals surface area contributed by atoms with E-state index in [2.05, 4.69) is 37.2 Å². The highest BCUT2D eigenvalue weighted by molar-refractivity contribution is 9.11. The predicted octanol–water partition coefficient (Wildman–Crippen LogP) is 4.80. The minimum atomic E-state index is -0.223. The van der Waals surface area contributed by atoms with Gasteiger partial charge in [0.1, 0.15) is 11.5 Å². The third kappa shape index (κ3) is 3.22. The zero-order valence-corrected chi connectivity index (χ0v) is 13.4. The van der Waals surface area contributed by atoms with E-state index in [1.807, 2.05) is 25.1 Å². The number of hydrogen-bond acceptors (Lipinski definition) is 3. The van der Waals surface area contributed by atoms with Gasteiger partial charge in [-0.1, -0.05) is 22.0 Å². The summed E-state index contributed by atoms with van der Waals surface area (Å²) in [5, 5.41) is 22.9. The topological polar surface area (TPSA) is 52.5 Å². The summed E-state index contributed by atoms with van der Waals surface area (Å²) in [6.07, 6.45) is 0. The molecule has 1 unspecified atom stereocenters. The number of nitrogens with one attached hydrogen (secondary N) is 1. The Morgan fingerprint density at radius 3 is 2.26 bits per heavy atom. The summed E-state index contributed by atoms with van der Waals surface area (Å²) in [4.78, 5) is 0. The van der Waals surface area contributed by atoms with Gasteiger partial charge in [0.25, 0.3) is 0 Å². The lowest BCUT2D eigenvalue weighted by atomic mass is 10.1. The molecule has 0 amide bonds. The largest absolute Gasteiger partial charge is 0.507 e. The van der Waals surface area contributed by atoms with Crippen LogP contribution in [0.25, 0.3) is 0 Å². The maximum atomic E-state index is 9.83. The molecule has 0 spiro atoms. The molecule has 0 aliphatic rings. The van der Waals surface area contributed by atoms with E-state index in [0.29, 0.717) is 5.56 Å². The molecule has 0 aromatic heterocycles. The SMILES string of the molecule is CC(Nc1ccc(Br)cc1Br)c1c(O)cccc1O. The van der Waals surface area contributed by atoms with Crippen molar-refractivity contribution < 1.29 is 10.2 Å². The second-order valence-corrected chi connectivity index (χ2v) is 5.97. The normalized spacial score (nSPS) is 12.2. The van der Waals surface area contributed by atoms with Gasteiger partial charge in [0.05, 0.1) is 11.6 Å². The van der Waals surface area contributed by atoms with Crippen molar-refractivity contribution in [1.82, 2.24) is 0 Å². The number of hydrogen-bond donors (Lipinski definition) is 3. The minimum absolute atomic E-state index is 0.0771. The van der Waals surface area contributed by atoms with Gasteiger partial charge in [-0.05, 0) is 53.2 Å². The van der Waals surface area contributed by atoms with Crippen LogP contribution >= 0.6 is 31.9 Å². The van der Waals surface area contributed by atoms with Crippen molar-refractivity contribution in [3.63, 3.8) is 0 Å². The van der Waals surface area contributed by atoms with E-state index in [1.165, 1.54) is 0 Å². The molecular formula is C14H13Br2NO2. The van der Waals surface area contributed by atoms with Crippen LogP contribution in [0.5, 0.6) is 11.5 Å². The van der Waals surface area contributed by atoms with E-state index in [1.54, 1.807) is 18.2 Å². The van der Waals surface area contributed by atoms with Gasteiger partial charge in [0, 0.05) is 14.6 Å². The van der Waals surface area contributed by atoms with Crippen LogP contribution in [-0.4, -0.2) is 10.2 Å². The number of phenols is 2. The zero-order valence-electron chi connectivity index (χ0n) is 10.2. The lowest BCUT2D eigenvalue weighted by Crippen LogP contribution is -2.07. The highest BCUT2D eigenvalue weighted by atomic mass is 79.9. The van der Waals surface area contributed by atoms with Crippen molar-refractivity contribution in [2.75, 3.05) is 5.32 Å². The molecule has 1 atom stereocenters. The number of rotatable bonds is 3. The molecular weight excluding hydrogens is 374 g/mol. The lowest BCUT2D eigenvalue weighted by Gasteiger charge is -2.19. The summed E-state index contributed by atoms with van der Waals surface area (Å²) in [5.74, 6) is 0.154. The van der Waals surface area contributed by atoms with E-state index in [0.717, 1.165) is 14.6 Å². The van der Waals surface area contributed by atoms with Crippen LogP contribution in [0.3, 0.4) is 0 Å². The second-order valence-electron chi connectivity index (χ2n) is 4.20. The highest BCUT2D eigenvalue weighted by Gasteiger charge is 2.15. The molecule has 0 aliphatic carbocycles. The molecule has 3 N–H and O–H groups in total. The number of phenolic OH excluding ortho intramolecular Hbond substituents is 2. The summed E-state index contributed by atoms with van der Waals surface area (Å²) in [6.45, 7) is 1.88. The maximum Gasteiger partial charge on any atom is 0.124 e. The van der Waals surface area contributed by atoms with Gasteiger partial charge in [-0.3, -0.25) is 0 Å². The van der Waals surface area contributed by atoms with Crippen molar-refractivity contribution in [1.29, 1.82) is 0 Å². The van der Waals surface area contributed by atoms with Gasteiger partial charge in [0.2, 0.25) is 0 Å². The summed E-state index contributed by atoms with van der Waals surface area (Å²) >= 11 is 6.86. The molecule has 0 fully saturated rings. The van der Waals surface area contributed by atoms with Gasteiger partial charge >= 0.3 is 0 Å². The average Bonchev–Trinajstić information content (AvgIpc) is 2.32. The Hall–Kier alpha value is -1.20. The molecule has 0 heterocycles. The van der Waals surface area contributed by atoms with Crippen LogP contribution in [0, 0.1) is 0 Å². The molecule has 5 heteroatoms. The first-order chi connectivity index (χ1) is 8.99. The third-order valence-electron chi connectivity index (χ3n) is 2.80. The number of halogens is 2. The van der Waals surface area contributed by atoms with Crippen LogP contribution in [-0.2, 0) is 0 Å². The van der Waals surface area contributed by atoms with Crippen LogP contribution in [0.4, 0.5) is 5.69 Å². The molecule has 0 bridgehead atoms. The standard InChI is InChI=1S/C14H13Br2NO2/c1-8(14-12(18)3-2-4-13(14)19)17-11-6-5-9(15)7-10(11)16/h2-8,17-19H,1H3. The van der Waals surface area contributed by atoms with Gasteiger partial charge in [-0.25, -0.2) is 0 Å². The summed E-state index contributed by atoms with van der Waals surface area (Å²) in [7, 11) is 0. The molecule has 3 nitrogen and oxygen atoms in total. The second kappa shape index (κ2) is 5.84. The van der Waals surface area contributed by atoms with Crippen molar-refractivity contribution in [2.24, 2.45) is 0 Å². The summed E-state index contributed by atoms with van der Waals surface area (Å²) in [6, 6.07) is 10.3. The Bertz CT molecular complexity index is 582. The van der Waals surface area contributed by atoms with Crippen LogP contribution in [0.15, 0.2) is 45.3 Å². The summed E-state index contributed by atoms with van der Waals surface area (Å²) in [5.41, 5.74) is 1.37. The Morgan fingerprint density at radius 2 is 1.68 bits per heavy atom. The zero-order chi connectivity index (χ0) is 14.0. The third-order valence-corrected chi connectivity index (χ3v) is 3.95. The molecule has 0 aliphatic heterocycles. The van der Waals surface area contributed by atoms with Gasteiger partial charge in [0.15, 0.2) is 0 Å². The molecule has 0 saturated heterocycles. The Morgan fingerprint density at radius 1 is 1.05 bits per heavy atom. The van der Waals surface area contributed by atoms with Crippen molar-refractivity contribution in [3.8, 4) is 11.5 Å². The molecule has 2 rings (SSSR count). The van der Waals surface area contributed by atoms with E-state index < -0.39 is 0 Å². The van der Waals surface area contributed by atoms with Crippen molar-refractivity contribution >= 4 is 37.5 Å². The first-order valence-corrected chi connectivity index (χ1v) is 7.30. The van der Waals surface area contributed by atoms with Gasteiger partial charge in [-0.15, -0.1) is 0 Å². The molecule has 100 valence electrons. The van der Waals surface area contributed by atoms with E-state index in [4.69, 9.17) is 0 Å². The first kappa shape index (κ1) is 14.2. The minimum Gasteiger partial charge on any atom is -0.507 e. The fraction of sp³-hybridized carbons (Fsp3) is 0.143. The van der Waals surface area contributed by atoms with Crippen LogP contribution < -0.4 is 5.32 Å². The Balaban J connectivity index is 2.28. The van der Waals surface area contributed by atoms with E-state index in [-0.39, 0.29) is 17.5 Å². The Kier molecular flexibility index (Phi) is 4.37. The van der Waals surface area contributed by atoms with Crippen molar-refractivity contribution in [3.05, 3.63) is 50.9 Å². The van der Waals surface area contributed by atoms with Crippen molar-refractivity contribution in [2.45, 2.75) is 13.0 Å². The molecule has 2 aromatic carbocycles. The predicted molar refractivity (Wildman–Crippen MR) is 83.7 cm³/mol. The van der Waals surface area contributed by atoms with Gasteiger partial charge in [-0.2, -0.15) is 0 Å². The smallest absolute Gasteiger partial charge is 0.124 e. The molecule has 0 radical (unpaired) electrons. The lowest BCUT2D eigenvalue weighted by molar-refractivity contribution is 0.434. The summed E-state index contributed by atoms with van der Waals surface area (Å²) < 4.78 is 1.88. The first-order valence-electron chi connectivity index (χ1n) is 5.71. The van der Waals surface area contributed by atoms with Crippen LogP contribution in [0.1, 0.15) is 18.5 Å². The number of aromatic hydroxyl groups is 2. The van der Waals surface area contributed by atoms with E-state index >= 15 is 0 Å². The monoisotopic (exact) mass is 385 g/mol. The fourth-order valence-electron chi connectivity index (χ4n) is 1.90. The number of anilines is 1. The highest BCUT2D eigenvalue weighted by Crippen LogP contribution is 2.36. The van der Waals surface area contributed by atoms with Gasteiger partial charge < -0.3 is 15.5 Å². The van der Waals surface area contributed by atoms with Crippen LogP contribution in [0.2, 0.25) is 0 Å². The fourth-order valence-corrected chi connectivity index (χ4v) is 3.06. The number of benzene rings is 2. The average molecular weight is 387 g/mol. The molecule has 0 saturated carbocycles. The Labute approximate surface area is 128 Å². The molecule has 2 aromatic rings.